The van der Waals surface area contributed by atoms with E-state index in [1.54, 1.807) is 32.9 Å². The van der Waals surface area contributed by atoms with Crippen molar-refractivity contribution in [2.75, 3.05) is 17.7 Å². The number of hydrogen-bond donors (Lipinski definition) is 1. The van der Waals surface area contributed by atoms with Crippen LogP contribution in [-0.4, -0.2) is 32.0 Å². The van der Waals surface area contributed by atoms with Crippen LogP contribution >= 0.6 is 11.8 Å². The molecule has 20 heavy (non-hydrogen) atoms. The maximum absolute atomic E-state index is 11.6. The summed E-state index contributed by atoms with van der Waals surface area (Å²) in [6.45, 7) is 5.36. The maximum atomic E-state index is 11.6. The minimum Gasteiger partial charge on any atom is -0.459 e. The Labute approximate surface area is 123 Å². The first-order valence-corrected chi connectivity index (χ1v) is 8.81. The molecule has 0 unspecified atom stereocenters. The lowest BCUT2D eigenvalue weighted by molar-refractivity contribution is -0.151. The van der Waals surface area contributed by atoms with Gasteiger partial charge in [0.2, 0.25) is 0 Å². The van der Waals surface area contributed by atoms with Gasteiger partial charge in [-0.15, -0.1) is 11.8 Å². The number of ether oxygens (including phenoxy) is 1. The summed E-state index contributed by atoms with van der Waals surface area (Å²) in [7, 11) is -3.38. The normalized spacial score (nSPS) is 12.2. The molecule has 0 aliphatic rings. The highest BCUT2D eigenvalue weighted by molar-refractivity contribution is 8.00. The number of hydrogen-bond acceptors (Lipinski definition) is 6. The summed E-state index contributed by atoms with van der Waals surface area (Å²) in [5.41, 5.74) is 5.46. The van der Waals surface area contributed by atoms with Gasteiger partial charge >= 0.3 is 5.97 Å². The minimum absolute atomic E-state index is 0.0756. The molecule has 0 atom stereocenters. The molecule has 0 aliphatic heterocycles. The molecular formula is C13H19NO4S2. The lowest BCUT2D eigenvalue weighted by Gasteiger charge is -2.19. The minimum atomic E-state index is -3.38. The number of benzene rings is 1. The number of nitrogens with two attached hydrogens (primary N) is 1. The van der Waals surface area contributed by atoms with E-state index in [9.17, 15) is 13.2 Å². The van der Waals surface area contributed by atoms with Crippen molar-refractivity contribution in [3.63, 3.8) is 0 Å². The molecule has 1 aromatic rings. The summed E-state index contributed by atoms with van der Waals surface area (Å²) in [6.07, 6.45) is 1.10. The topological polar surface area (TPSA) is 86.5 Å². The Kier molecular flexibility index (Phi) is 5.10. The number of anilines is 1. The maximum Gasteiger partial charge on any atom is 0.316 e. The summed E-state index contributed by atoms with van der Waals surface area (Å²) < 4.78 is 28.3. The third kappa shape index (κ3) is 5.05. The fourth-order valence-electron chi connectivity index (χ4n) is 1.48. The Hall–Kier alpha value is -1.21. The Balaban J connectivity index is 2.83. The second-order valence-electron chi connectivity index (χ2n) is 5.32. The first kappa shape index (κ1) is 16.8. The zero-order valence-electron chi connectivity index (χ0n) is 12.0. The third-order valence-corrected chi connectivity index (χ3v) is 4.39. The van der Waals surface area contributed by atoms with Crippen molar-refractivity contribution in [1.29, 1.82) is 0 Å². The molecule has 0 radical (unpaired) electrons. The van der Waals surface area contributed by atoms with Crippen LogP contribution in [-0.2, 0) is 19.4 Å². The molecule has 1 rings (SSSR count). The Bertz CT molecular complexity index is 603. The fourth-order valence-corrected chi connectivity index (χ4v) is 3.15. The first-order valence-electron chi connectivity index (χ1n) is 5.94. The van der Waals surface area contributed by atoms with Crippen LogP contribution in [0.2, 0.25) is 0 Å². The molecule has 0 amide bonds. The number of nitrogen functional groups attached to an aromatic ring is 1. The van der Waals surface area contributed by atoms with E-state index in [0.29, 0.717) is 4.90 Å². The molecule has 0 bridgehead atoms. The van der Waals surface area contributed by atoms with Crippen molar-refractivity contribution in [2.24, 2.45) is 0 Å². The lowest BCUT2D eigenvalue weighted by atomic mass is 10.2. The molecule has 2 N–H and O–H groups in total. The SMILES string of the molecule is CC(C)(C)OC(=O)CSc1cccc(S(C)(=O)=O)c1N. The van der Waals surface area contributed by atoms with E-state index in [4.69, 9.17) is 10.5 Å². The van der Waals surface area contributed by atoms with Crippen molar-refractivity contribution >= 4 is 33.3 Å². The van der Waals surface area contributed by atoms with Gasteiger partial charge in [0.05, 0.1) is 16.3 Å². The fraction of sp³-hybridized carbons (Fsp3) is 0.462. The van der Waals surface area contributed by atoms with Gasteiger partial charge in [-0.1, -0.05) is 6.07 Å². The Morgan fingerprint density at radius 2 is 1.95 bits per heavy atom. The van der Waals surface area contributed by atoms with Gasteiger partial charge in [-0.25, -0.2) is 8.42 Å². The molecule has 112 valence electrons. The third-order valence-electron chi connectivity index (χ3n) is 2.19. The monoisotopic (exact) mass is 317 g/mol. The highest BCUT2D eigenvalue weighted by Crippen LogP contribution is 2.30. The average Bonchev–Trinajstić information content (AvgIpc) is 2.23. The van der Waals surface area contributed by atoms with Crippen LogP contribution in [0, 0.1) is 0 Å². The molecule has 0 aromatic heterocycles. The number of esters is 1. The second kappa shape index (κ2) is 6.05. The Morgan fingerprint density at radius 3 is 2.45 bits per heavy atom. The number of carbonyl (C=O) groups excluding carboxylic acids is 1. The van der Waals surface area contributed by atoms with Gasteiger partial charge in [-0.2, -0.15) is 0 Å². The first-order chi connectivity index (χ1) is 9.00. The van der Waals surface area contributed by atoms with Crippen molar-refractivity contribution in [1.82, 2.24) is 0 Å². The van der Waals surface area contributed by atoms with Gasteiger partial charge in [0.1, 0.15) is 5.60 Å². The second-order valence-corrected chi connectivity index (χ2v) is 8.32. The van der Waals surface area contributed by atoms with E-state index >= 15 is 0 Å². The summed E-state index contributed by atoms with van der Waals surface area (Å²) in [5.74, 6) is -0.291. The van der Waals surface area contributed by atoms with Crippen LogP contribution in [0.4, 0.5) is 5.69 Å². The molecule has 0 spiro atoms. The van der Waals surface area contributed by atoms with Crippen molar-refractivity contribution in [3.8, 4) is 0 Å². The quantitative estimate of drug-likeness (QED) is 0.520. The van der Waals surface area contributed by atoms with Crippen LogP contribution in [0.15, 0.2) is 28.0 Å². The lowest BCUT2D eigenvalue weighted by Crippen LogP contribution is -2.24. The molecule has 0 heterocycles. The highest BCUT2D eigenvalue weighted by Gasteiger charge is 2.18. The summed E-state index contributed by atoms with van der Waals surface area (Å²) in [5, 5.41) is 0. The molecule has 0 aliphatic carbocycles. The predicted molar refractivity (Wildman–Crippen MR) is 80.5 cm³/mol. The number of para-hydroxylation sites is 1. The number of rotatable bonds is 4. The number of thioether (sulfide) groups is 1. The zero-order chi connectivity index (χ0) is 15.6. The van der Waals surface area contributed by atoms with Crippen LogP contribution < -0.4 is 5.73 Å². The molecule has 5 nitrogen and oxygen atoms in total. The van der Waals surface area contributed by atoms with Crippen LogP contribution in [0.25, 0.3) is 0 Å². The number of carbonyl (C=O) groups is 1. The summed E-state index contributed by atoms with van der Waals surface area (Å²) >= 11 is 1.16. The van der Waals surface area contributed by atoms with Crippen LogP contribution in [0.3, 0.4) is 0 Å². The molecule has 0 saturated carbocycles. The van der Waals surface area contributed by atoms with E-state index in [0.717, 1.165) is 18.0 Å². The van der Waals surface area contributed by atoms with Crippen LogP contribution in [0.1, 0.15) is 20.8 Å². The van der Waals surface area contributed by atoms with E-state index < -0.39 is 15.4 Å². The largest absolute Gasteiger partial charge is 0.459 e. The van der Waals surface area contributed by atoms with Crippen LogP contribution in [0.5, 0.6) is 0 Å². The molecule has 0 fully saturated rings. The van der Waals surface area contributed by atoms with Gasteiger partial charge in [0.25, 0.3) is 0 Å². The van der Waals surface area contributed by atoms with Crippen molar-refractivity contribution in [2.45, 2.75) is 36.2 Å². The molecular weight excluding hydrogens is 298 g/mol. The van der Waals surface area contributed by atoms with Gasteiger partial charge in [-0.3, -0.25) is 4.79 Å². The Morgan fingerprint density at radius 1 is 1.35 bits per heavy atom. The molecule has 7 heteroatoms. The smallest absolute Gasteiger partial charge is 0.316 e. The molecule has 1 aromatic carbocycles. The number of sulfone groups is 1. The van der Waals surface area contributed by atoms with Gasteiger partial charge < -0.3 is 10.5 Å². The molecule has 0 saturated heterocycles. The van der Waals surface area contributed by atoms with Gasteiger partial charge in [0, 0.05) is 11.2 Å². The zero-order valence-corrected chi connectivity index (χ0v) is 13.6. The van der Waals surface area contributed by atoms with Crippen molar-refractivity contribution in [3.05, 3.63) is 18.2 Å². The van der Waals surface area contributed by atoms with Gasteiger partial charge in [0.15, 0.2) is 9.84 Å². The van der Waals surface area contributed by atoms with E-state index in [-0.39, 0.29) is 22.3 Å². The van der Waals surface area contributed by atoms with Gasteiger partial charge in [-0.05, 0) is 32.9 Å². The van der Waals surface area contributed by atoms with Crippen molar-refractivity contribution < 1.29 is 17.9 Å². The van der Waals surface area contributed by atoms with E-state index in [2.05, 4.69) is 0 Å². The summed E-state index contributed by atoms with van der Waals surface area (Å²) in [6, 6.07) is 4.73. The van der Waals surface area contributed by atoms with E-state index in [1.807, 2.05) is 0 Å². The van der Waals surface area contributed by atoms with E-state index in [1.165, 1.54) is 6.07 Å². The predicted octanol–water partition coefficient (Wildman–Crippen LogP) is 2.11. The summed E-state index contributed by atoms with van der Waals surface area (Å²) in [4.78, 5) is 12.3. The average molecular weight is 317 g/mol. The highest BCUT2D eigenvalue weighted by atomic mass is 32.2. The standard InChI is InChI=1S/C13H19NO4S2/c1-13(2,3)18-11(15)8-19-9-6-5-7-10(12(9)14)20(4,16)17/h5-7H,8,14H2,1-4H3.